The van der Waals surface area contributed by atoms with Crippen LogP contribution < -0.4 is 5.73 Å². The molecule has 0 amide bonds. The Labute approximate surface area is 75.7 Å². The maximum Gasteiger partial charge on any atom is 0.334 e. The Morgan fingerprint density at radius 2 is 2.33 bits per heavy atom. The molecule has 0 bridgehead atoms. The van der Waals surface area contributed by atoms with Gasteiger partial charge in [-0.1, -0.05) is 17.8 Å². The fraction of sp³-hybridized carbons (Fsp3) is 0.429. The number of allylic oxidation sites excluding steroid dienone is 1. The predicted octanol–water partition coefficient (Wildman–Crippen LogP) is 0.732. The van der Waals surface area contributed by atoms with Gasteiger partial charge in [-0.3, -0.25) is 5.41 Å². The summed E-state index contributed by atoms with van der Waals surface area (Å²) in [7, 11) is 1.32. The van der Waals surface area contributed by atoms with Gasteiger partial charge in [0.1, 0.15) is 0 Å². The number of methoxy groups -OCH3 is 1. The molecule has 0 rings (SSSR count). The third-order valence-electron chi connectivity index (χ3n) is 1.18. The zero-order valence-electron chi connectivity index (χ0n) is 7.09. The van der Waals surface area contributed by atoms with Crippen LogP contribution in [0.3, 0.4) is 0 Å². The van der Waals surface area contributed by atoms with E-state index in [4.69, 9.17) is 11.1 Å². The summed E-state index contributed by atoms with van der Waals surface area (Å²) >= 11 is 1.10. The van der Waals surface area contributed by atoms with Crippen molar-refractivity contribution in [1.82, 2.24) is 0 Å². The Morgan fingerprint density at radius 1 is 1.75 bits per heavy atom. The van der Waals surface area contributed by atoms with Gasteiger partial charge in [0.25, 0.3) is 0 Å². The molecule has 0 unspecified atom stereocenters. The van der Waals surface area contributed by atoms with Gasteiger partial charge >= 0.3 is 5.97 Å². The van der Waals surface area contributed by atoms with Gasteiger partial charge in [-0.05, 0) is 6.92 Å². The van der Waals surface area contributed by atoms with E-state index in [1.54, 1.807) is 13.0 Å². The van der Waals surface area contributed by atoms with Gasteiger partial charge in [-0.15, -0.1) is 0 Å². The Balaban J connectivity index is 4.02. The highest BCUT2D eigenvalue weighted by atomic mass is 32.2. The number of esters is 1. The van der Waals surface area contributed by atoms with Gasteiger partial charge in [0, 0.05) is 11.3 Å². The summed E-state index contributed by atoms with van der Waals surface area (Å²) in [5.41, 5.74) is 5.63. The lowest BCUT2D eigenvalue weighted by Gasteiger charge is -2.02. The number of ether oxygens (including phenoxy) is 1. The Morgan fingerprint density at radius 3 is 2.67 bits per heavy atom. The Hall–Kier alpha value is -0.970. The molecule has 0 aromatic carbocycles. The molecular formula is C7H12N2O2S. The number of carbonyl (C=O) groups is 1. The molecule has 0 aromatic heterocycles. The second-order valence-corrected chi connectivity index (χ2v) is 2.98. The highest BCUT2D eigenvalue weighted by molar-refractivity contribution is 8.13. The normalized spacial score (nSPS) is 11.0. The minimum absolute atomic E-state index is 0.00162. The SMILES string of the molecule is C/C=C(\CSC(=N)N)C(=O)OC. The smallest absolute Gasteiger partial charge is 0.334 e. The van der Waals surface area contributed by atoms with Gasteiger partial charge in [-0.25, -0.2) is 4.79 Å². The summed E-state index contributed by atoms with van der Waals surface area (Å²) in [6, 6.07) is 0. The summed E-state index contributed by atoms with van der Waals surface area (Å²) in [6.45, 7) is 1.74. The van der Waals surface area contributed by atoms with Crippen LogP contribution in [0, 0.1) is 5.41 Å². The van der Waals surface area contributed by atoms with Crippen molar-refractivity contribution in [3.63, 3.8) is 0 Å². The van der Waals surface area contributed by atoms with Crippen molar-refractivity contribution in [1.29, 1.82) is 5.41 Å². The Kier molecular flexibility index (Phi) is 5.19. The molecule has 3 N–H and O–H groups in total. The molecule has 0 aromatic rings. The quantitative estimate of drug-likeness (QED) is 0.296. The topological polar surface area (TPSA) is 76.2 Å². The van der Waals surface area contributed by atoms with E-state index in [1.807, 2.05) is 0 Å². The number of amidine groups is 1. The molecule has 12 heavy (non-hydrogen) atoms. The molecule has 0 saturated heterocycles. The van der Waals surface area contributed by atoms with Crippen molar-refractivity contribution in [2.75, 3.05) is 12.9 Å². The van der Waals surface area contributed by atoms with E-state index in [9.17, 15) is 4.79 Å². The van der Waals surface area contributed by atoms with Crippen LogP contribution in [-0.4, -0.2) is 24.0 Å². The van der Waals surface area contributed by atoms with Crippen LogP contribution in [0.1, 0.15) is 6.92 Å². The average Bonchev–Trinajstić information content (AvgIpc) is 2.04. The molecule has 0 saturated carbocycles. The fourth-order valence-corrected chi connectivity index (χ4v) is 1.14. The van der Waals surface area contributed by atoms with Crippen LogP contribution in [0.4, 0.5) is 0 Å². The van der Waals surface area contributed by atoms with Crippen molar-refractivity contribution in [2.45, 2.75) is 6.92 Å². The summed E-state index contributed by atoms with van der Waals surface area (Å²) < 4.78 is 4.50. The lowest BCUT2D eigenvalue weighted by molar-refractivity contribution is -0.135. The monoisotopic (exact) mass is 188 g/mol. The first-order valence-corrected chi connectivity index (χ1v) is 4.30. The molecule has 68 valence electrons. The largest absolute Gasteiger partial charge is 0.466 e. The van der Waals surface area contributed by atoms with Crippen molar-refractivity contribution in [3.8, 4) is 0 Å². The Bertz CT molecular complexity index is 213. The van der Waals surface area contributed by atoms with E-state index in [2.05, 4.69) is 4.74 Å². The highest BCUT2D eigenvalue weighted by Crippen LogP contribution is 2.08. The summed E-state index contributed by atoms with van der Waals surface area (Å²) in [5, 5.41) is 6.92. The first-order valence-electron chi connectivity index (χ1n) is 3.32. The number of thioether (sulfide) groups is 1. The van der Waals surface area contributed by atoms with Gasteiger partial charge < -0.3 is 10.5 Å². The lowest BCUT2D eigenvalue weighted by Crippen LogP contribution is -2.11. The molecule has 0 aliphatic rings. The molecule has 5 heteroatoms. The maximum absolute atomic E-state index is 10.9. The summed E-state index contributed by atoms with van der Waals surface area (Å²) in [4.78, 5) is 10.9. The summed E-state index contributed by atoms with van der Waals surface area (Å²) in [5.74, 6) is 0.0182. The number of carbonyl (C=O) groups excluding carboxylic acids is 1. The van der Waals surface area contributed by atoms with Gasteiger partial charge in [0.15, 0.2) is 5.17 Å². The molecule has 0 aliphatic heterocycles. The number of nitrogens with one attached hydrogen (secondary N) is 1. The van der Waals surface area contributed by atoms with E-state index < -0.39 is 0 Å². The predicted molar refractivity (Wildman–Crippen MR) is 50.1 cm³/mol. The van der Waals surface area contributed by atoms with Crippen LogP contribution >= 0.6 is 11.8 Å². The zero-order chi connectivity index (χ0) is 9.56. The second-order valence-electron chi connectivity index (χ2n) is 1.96. The first-order chi connectivity index (χ1) is 5.61. The molecule has 0 fully saturated rings. The van der Waals surface area contributed by atoms with Gasteiger partial charge in [0.2, 0.25) is 0 Å². The second kappa shape index (κ2) is 5.65. The van der Waals surface area contributed by atoms with E-state index in [1.165, 1.54) is 7.11 Å². The van der Waals surface area contributed by atoms with E-state index in [0.717, 1.165) is 11.8 Å². The zero-order valence-corrected chi connectivity index (χ0v) is 7.90. The van der Waals surface area contributed by atoms with E-state index >= 15 is 0 Å². The van der Waals surface area contributed by atoms with Crippen molar-refractivity contribution in [3.05, 3.63) is 11.6 Å². The molecular weight excluding hydrogens is 176 g/mol. The lowest BCUT2D eigenvalue weighted by atomic mass is 10.3. The van der Waals surface area contributed by atoms with Gasteiger partial charge in [0.05, 0.1) is 7.11 Å². The van der Waals surface area contributed by atoms with Crippen LogP contribution in [0.2, 0.25) is 0 Å². The highest BCUT2D eigenvalue weighted by Gasteiger charge is 2.08. The van der Waals surface area contributed by atoms with Gasteiger partial charge in [-0.2, -0.15) is 0 Å². The standard InChI is InChI=1S/C7H12N2O2S/c1-3-5(6(10)11-2)4-12-7(8)9/h3H,4H2,1-2H3,(H3,8,9)/b5-3+. The molecule has 4 nitrogen and oxygen atoms in total. The molecule has 0 spiro atoms. The minimum Gasteiger partial charge on any atom is -0.466 e. The third-order valence-corrected chi connectivity index (χ3v) is 1.95. The van der Waals surface area contributed by atoms with Crippen LogP contribution in [0.25, 0.3) is 0 Å². The fourth-order valence-electron chi connectivity index (χ4n) is 0.547. The van der Waals surface area contributed by atoms with Crippen LogP contribution in [0.15, 0.2) is 11.6 Å². The van der Waals surface area contributed by atoms with Crippen molar-refractivity contribution < 1.29 is 9.53 Å². The van der Waals surface area contributed by atoms with E-state index in [-0.39, 0.29) is 11.1 Å². The molecule has 0 aliphatic carbocycles. The first kappa shape index (κ1) is 11.0. The number of hydrogen-bond donors (Lipinski definition) is 2. The van der Waals surface area contributed by atoms with Crippen LogP contribution in [-0.2, 0) is 9.53 Å². The minimum atomic E-state index is -0.369. The van der Waals surface area contributed by atoms with E-state index in [0.29, 0.717) is 11.3 Å². The molecule has 0 heterocycles. The number of nitrogens with two attached hydrogens (primary N) is 1. The molecule has 0 atom stereocenters. The van der Waals surface area contributed by atoms with Crippen molar-refractivity contribution in [2.24, 2.45) is 5.73 Å². The average molecular weight is 188 g/mol. The maximum atomic E-state index is 10.9. The molecule has 0 radical (unpaired) electrons. The number of hydrogen-bond acceptors (Lipinski definition) is 4. The van der Waals surface area contributed by atoms with Crippen LogP contribution in [0.5, 0.6) is 0 Å². The summed E-state index contributed by atoms with van der Waals surface area (Å²) in [6.07, 6.45) is 1.65. The van der Waals surface area contributed by atoms with Crippen molar-refractivity contribution >= 4 is 22.9 Å². The number of rotatable bonds is 3. The third kappa shape index (κ3) is 4.02.